The summed E-state index contributed by atoms with van der Waals surface area (Å²) in [6, 6.07) is 18.6. The van der Waals surface area contributed by atoms with Gasteiger partial charge in [0.05, 0.1) is 6.61 Å². The van der Waals surface area contributed by atoms with Crippen LogP contribution in [0, 0.1) is 0 Å². The maximum Gasteiger partial charge on any atom is 0.224 e. The molecule has 3 rings (SSSR count). The second kappa shape index (κ2) is 9.38. The Morgan fingerprint density at radius 2 is 1.63 bits per heavy atom. The highest BCUT2D eigenvalue weighted by Crippen LogP contribution is 2.25. The largest absolute Gasteiger partial charge is 0.494 e. The SMILES string of the molecule is CCOc1ccc(Oc2ccc(NC(=O)CCc3cccnc3)cc2)cc1. The van der Waals surface area contributed by atoms with Gasteiger partial charge in [-0.15, -0.1) is 0 Å². The highest BCUT2D eigenvalue weighted by molar-refractivity contribution is 5.90. The van der Waals surface area contributed by atoms with E-state index in [2.05, 4.69) is 10.3 Å². The van der Waals surface area contributed by atoms with Gasteiger partial charge in [0.15, 0.2) is 0 Å². The van der Waals surface area contributed by atoms with Crippen molar-refractivity contribution in [3.8, 4) is 17.2 Å². The number of anilines is 1. The van der Waals surface area contributed by atoms with Crippen molar-refractivity contribution in [3.63, 3.8) is 0 Å². The van der Waals surface area contributed by atoms with Crippen LogP contribution in [0.5, 0.6) is 17.2 Å². The number of aromatic nitrogens is 1. The Morgan fingerprint density at radius 1 is 0.963 bits per heavy atom. The van der Waals surface area contributed by atoms with Gasteiger partial charge in [-0.25, -0.2) is 0 Å². The van der Waals surface area contributed by atoms with E-state index in [9.17, 15) is 4.79 Å². The van der Waals surface area contributed by atoms with E-state index in [1.54, 1.807) is 12.4 Å². The number of rotatable bonds is 8. The van der Waals surface area contributed by atoms with E-state index in [-0.39, 0.29) is 5.91 Å². The molecule has 0 aliphatic heterocycles. The Morgan fingerprint density at radius 3 is 2.26 bits per heavy atom. The summed E-state index contributed by atoms with van der Waals surface area (Å²) in [5, 5.41) is 2.89. The molecule has 0 atom stereocenters. The molecule has 0 bridgehead atoms. The van der Waals surface area contributed by atoms with Gasteiger partial charge in [0.25, 0.3) is 0 Å². The molecule has 27 heavy (non-hydrogen) atoms. The summed E-state index contributed by atoms with van der Waals surface area (Å²) in [6.45, 7) is 2.58. The molecule has 0 spiro atoms. The maximum absolute atomic E-state index is 12.1. The molecule has 138 valence electrons. The van der Waals surface area contributed by atoms with Gasteiger partial charge in [0.1, 0.15) is 17.2 Å². The molecule has 0 unspecified atom stereocenters. The second-order valence-electron chi connectivity index (χ2n) is 5.94. The average Bonchev–Trinajstić information content (AvgIpc) is 2.70. The average molecular weight is 362 g/mol. The minimum Gasteiger partial charge on any atom is -0.494 e. The molecule has 5 nitrogen and oxygen atoms in total. The van der Waals surface area contributed by atoms with Crippen molar-refractivity contribution < 1.29 is 14.3 Å². The molecule has 1 heterocycles. The first-order valence-electron chi connectivity index (χ1n) is 8.92. The van der Waals surface area contributed by atoms with Gasteiger partial charge < -0.3 is 14.8 Å². The number of amides is 1. The lowest BCUT2D eigenvalue weighted by molar-refractivity contribution is -0.116. The summed E-state index contributed by atoms with van der Waals surface area (Å²) < 4.78 is 11.2. The minimum atomic E-state index is -0.0287. The minimum absolute atomic E-state index is 0.0287. The third kappa shape index (κ3) is 5.85. The Bertz CT molecular complexity index is 847. The molecule has 0 fully saturated rings. The summed E-state index contributed by atoms with van der Waals surface area (Å²) in [6.07, 6.45) is 4.58. The lowest BCUT2D eigenvalue weighted by atomic mass is 10.1. The van der Waals surface area contributed by atoms with Crippen molar-refractivity contribution in [1.82, 2.24) is 4.98 Å². The third-order valence-corrected chi connectivity index (χ3v) is 3.87. The zero-order chi connectivity index (χ0) is 18.9. The number of carbonyl (C=O) groups is 1. The lowest BCUT2D eigenvalue weighted by Gasteiger charge is -2.09. The lowest BCUT2D eigenvalue weighted by Crippen LogP contribution is -2.12. The molecule has 2 aromatic carbocycles. The van der Waals surface area contributed by atoms with Crippen LogP contribution in [0.15, 0.2) is 73.1 Å². The molecule has 1 amide bonds. The number of carbonyl (C=O) groups excluding carboxylic acids is 1. The van der Waals surface area contributed by atoms with Gasteiger partial charge in [-0.3, -0.25) is 9.78 Å². The number of nitrogens with one attached hydrogen (secondary N) is 1. The Hall–Kier alpha value is -3.34. The number of pyridine rings is 1. The molecular formula is C22H22N2O3. The summed E-state index contributed by atoms with van der Waals surface area (Å²) in [5.74, 6) is 2.22. The zero-order valence-corrected chi connectivity index (χ0v) is 15.2. The standard InChI is InChI=1S/C22H22N2O3/c1-2-26-19-10-12-21(13-11-19)27-20-8-6-18(7-9-20)24-22(25)14-5-17-4-3-15-23-16-17/h3-4,6-13,15-16H,2,5,14H2,1H3,(H,24,25). The number of ether oxygens (including phenoxy) is 2. The number of hydrogen-bond acceptors (Lipinski definition) is 4. The molecule has 0 saturated heterocycles. The van der Waals surface area contributed by atoms with Crippen LogP contribution in [0.25, 0.3) is 0 Å². The number of aryl methyl sites for hydroxylation is 1. The fourth-order valence-corrected chi connectivity index (χ4v) is 2.54. The van der Waals surface area contributed by atoms with E-state index in [4.69, 9.17) is 9.47 Å². The van der Waals surface area contributed by atoms with Crippen molar-refractivity contribution in [2.45, 2.75) is 19.8 Å². The first kappa shape index (κ1) is 18.5. The van der Waals surface area contributed by atoms with Crippen LogP contribution in [-0.2, 0) is 11.2 Å². The Labute approximate surface area is 159 Å². The summed E-state index contributed by atoms with van der Waals surface area (Å²) in [7, 11) is 0. The quantitative estimate of drug-likeness (QED) is 0.623. The zero-order valence-electron chi connectivity index (χ0n) is 15.2. The maximum atomic E-state index is 12.1. The molecule has 1 aromatic heterocycles. The molecule has 0 radical (unpaired) electrons. The summed E-state index contributed by atoms with van der Waals surface area (Å²) in [5.41, 5.74) is 1.79. The van der Waals surface area contributed by atoms with Crippen LogP contribution in [0.2, 0.25) is 0 Å². The van der Waals surface area contributed by atoms with Crippen LogP contribution >= 0.6 is 0 Å². The fraction of sp³-hybridized carbons (Fsp3) is 0.182. The van der Waals surface area contributed by atoms with Crippen molar-refractivity contribution in [3.05, 3.63) is 78.6 Å². The van der Waals surface area contributed by atoms with Crippen LogP contribution in [0.4, 0.5) is 5.69 Å². The Balaban J connectivity index is 1.50. The topological polar surface area (TPSA) is 60.5 Å². The highest BCUT2D eigenvalue weighted by atomic mass is 16.5. The van der Waals surface area contributed by atoms with Crippen LogP contribution in [0.3, 0.4) is 0 Å². The molecule has 3 aromatic rings. The molecule has 1 N–H and O–H groups in total. The first-order valence-corrected chi connectivity index (χ1v) is 8.92. The smallest absolute Gasteiger partial charge is 0.224 e. The van der Waals surface area contributed by atoms with Crippen molar-refractivity contribution in [1.29, 1.82) is 0 Å². The van der Waals surface area contributed by atoms with Gasteiger partial charge in [0, 0.05) is 24.5 Å². The molecule has 0 saturated carbocycles. The van der Waals surface area contributed by atoms with E-state index in [1.165, 1.54) is 0 Å². The molecular weight excluding hydrogens is 340 g/mol. The fourth-order valence-electron chi connectivity index (χ4n) is 2.54. The van der Waals surface area contributed by atoms with Gasteiger partial charge in [0.2, 0.25) is 5.91 Å². The molecule has 0 aliphatic rings. The summed E-state index contributed by atoms with van der Waals surface area (Å²) in [4.78, 5) is 16.1. The van der Waals surface area contributed by atoms with Gasteiger partial charge in [-0.2, -0.15) is 0 Å². The predicted octanol–water partition coefficient (Wildman–Crippen LogP) is 4.84. The predicted molar refractivity (Wildman–Crippen MR) is 105 cm³/mol. The normalized spacial score (nSPS) is 10.3. The third-order valence-electron chi connectivity index (χ3n) is 3.87. The second-order valence-corrected chi connectivity index (χ2v) is 5.94. The molecule has 0 aliphatic carbocycles. The number of nitrogens with zero attached hydrogens (tertiary/aromatic N) is 1. The van der Waals surface area contributed by atoms with E-state index in [1.807, 2.05) is 67.6 Å². The van der Waals surface area contributed by atoms with Crippen LogP contribution < -0.4 is 14.8 Å². The van der Waals surface area contributed by atoms with Crippen LogP contribution in [-0.4, -0.2) is 17.5 Å². The van der Waals surface area contributed by atoms with E-state index >= 15 is 0 Å². The first-order chi connectivity index (χ1) is 13.2. The Kier molecular flexibility index (Phi) is 6.41. The monoisotopic (exact) mass is 362 g/mol. The highest BCUT2D eigenvalue weighted by Gasteiger charge is 2.04. The van der Waals surface area contributed by atoms with E-state index < -0.39 is 0 Å². The van der Waals surface area contributed by atoms with Crippen molar-refractivity contribution in [2.24, 2.45) is 0 Å². The van der Waals surface area contributed by atoms with Gasteiger partial charge in [-0.05, 0) is 73.5 Å². The van der Waals surface area contributed by atoms with E-state index in [0.717, 1.165) is 22.7 Å². The number of hydrogen-bond donors (Lipinski definition) is 1. The van der Waals surface area contributed by atoms with Crippen molar-refractivity contribution >= 4 is 11.6 Å². The summed E-state index contributed by atoms with van der Waals surface area (Å²) >= 11 is 0. The van der Waals surface area contributed by atoms with Crippen molar-refractivity contribution in [2.75, 3.05) is 11.9 Å². The van der Waals surface area contributed by atoms with Gasteiger partial charge >= 0.3 is 0 Å². The number of benzene rings is 2. The van der Waals surface area contributed by atoms with E-state index in [0.29, 0.717) is 25.2 Å². The van der Waals surface area contributed by atoms with Crippen LogP contribution in [0.1, 0.15) is 18.9 Å². The van der Waals surface area contributed by atoms with Gasteiger partial charge in [-0.1, -0.05) is 6.07 Å². The molecule has 5 heteroatoms.